The van der Waals surface area contributed by atoms with E-state index in [0.717, 1.165) is 0 Å². The fourth-order valence-corrected chi connectivity index (χ4v) is 1.64. The molecule has 1 heterocycles. The molecule has 8 heteroatoms. The summed E-state index contributed by atoms with van der Waals surface area (Å²) in [6.45, 7) is 0. The number of tetrazole rings is 1. The number of hydrogen-bond acceptors (Lipinski definition) is 4. The van der Waals surface area contributed by atoms with Crippen LogP contribution in [0, 0.1) is 5.82 Å². The Bertz CT molecular complexity index is 530. The fourth-order valence-electron chi connectivity index (χ4n) is 1.24. The number of halogens is 2. The van der Waals surface area contributed by atoms with Gasteiger partial charge in [0.1, 0.15) is 5.82 Å². The van der Waals surface area contributed by atoms with Crippen LogP contribution in [-0.4, -0.2) is 26.5 Å². The number of anilines is 1. The second-order valence-electron chi connectivity index (χ2n) is 3.20. The summed E-state index contributed by atoms with van der Waals surface area (Å²) < 4.78 is 14.1. The molecule has 0 aliphatic heterocycles. The lowest BCUT2D eigenvalue weighted by Gasteiger charge is -2.03. The van der Waals surface area contributed by atoms with E-state index in [1.165, 1.54) is 6.07 Å². The zero-order chi connectivity index (χ0) is 12.3. The maximum absolute atomic E-state index is 13.4. The lowest BCUT2D eigenvalue weighted by molar-refractivity contribution is -0.115. The molecule has 0 aliphatic carbocycles. The molecule has 2 rings (SSSR count). The van der Waals surface area contributed by atoms with Gasteiger partial charge in [-0.05, 0) is 29.0 Å². The maximum Gasteiger partial charge on any atom is 0.269 e. The van der Waals surface area contributed by atoms with Gasteiger partial charge in [0.2, 0.25) is 5.91 Å². The van der Waals surface area contributed by atoms with E-state index in [1.54, 1.807) is 12.1 Å². The van der Waals surface area contributed by atoms with Crippen LogP contribution in [0.5, 0.6) is 0 Å². The summed E-state index contributed by atoms with van der Waals surface area (Å²) in [7, 11) is 0. The number of nitrogens with zero attached hydrogens (tertiary/aromatic N) is 3. The van der Waals surface area contributed by atoms with E-state index < -0.39 is 11.7 Å². The molecule has 1 aromatic heterocycles. The number of aromatic amines is 1. The third-order valence-electron chi connectivity index (χ3n) is 1.96. The van der Waals surface area contributed by atoms with Crippen molar-refractivity contribution in [3.8, 4) is 0 Å². The Kier molecular flexibility index (Phi) is 3.43. The first-order valence-corrected chi connectivity index (χ1v) is 5.41. The van der Waals surface area contributed by atoms with E-state index >= 15 is 0 Å². The van der Waals surface area contributed by atoms with Crippen molar-refractivity contribution < 1.29 is 9.18 Å². The number of amides is 1. The topological polar surface area (TPSA) is 83.6 Å². The lowest BCUT2D eigenvalue weighted by atomic mass is 10.1. The number of carbonyl (C=O) groups excluding carboxylic acids is 1. The van der Waals surface area contributed by atoms with Gasteiger partial charge in [0.25, 0.3) is 5.95 Å². The molecule has 2 aromatic rings. The van der Waals surface area contributed by atoms with Crippen molar-refractivity contribution in [3.05, 3.63) is 34.1 Å². The summed E-state index contributed by atoms with van der Waals surface area (Å²) in [6.07, 6.45) is -0.0974. The van der Waals surface area contributed by atoms with Gasteiger partial charge in [0, 0.05) is 4.47 Å². The fraction of sp³-hybridized carbons (Fsp3) is 0.111. The summed E-state index contributed by atoms with van der Waals surface area (Å²) in [5, 5.41) is 15.0. The van der Waals surface area contributed by atoms with Gasteiger partial charge in [-0.2, -0.15) is 5.21 Å². The number of aromatic nitrogens is 4. The van der Waals surface area contributed by atoms with Crippen LogP contribution in [-0.2, 0) is 11.2 Å². The molecule has 1 aromatic carbocycles. The highest BCUT2D eigenvalue weighted by Gasteiger charge is 2.10. The molecule has 1 amide bonds. The highest BCUT2D eigenvalue weighted by molar-refractivity contribution is 9.10. The second kappa shape index (κ2) is 5.00. The first-order chi connectivity index (χ1) is 8.15. The Hall–Kier alpha value is -1.83. The van der Waals surface area contributed by atoms with E-state index in [9.17, 15) is 9.18 Å². The third-order valence-corrected chi connectivity index (χ3v) is 2.45. The van der Waals surface area contributed by atoms with Crippen molar-refractivity contribution in [3.63, 3.8) is 0 Å². The van der Waals surface area contributed by atoms with Crippen molar-refractivity contribution in [2.75, 3.05) is 5.32 Å². The van der Waals surface area contributed by atoms with Gasteiger partial charge in [-0.25, -0.2) is 4.39 Å². The minimum atomic E-state index is -0.434. The predicted molar refractivity (Wildman–Crippen MR) is 60.6 cm³/mol. The zero-order valence-electron chi connectivity index (χ0n) is 8.44. The van der Waals surface area contributed by atoms with Gasteiger partial charge >= 0.3 is 0 Å². The number of benzene rings is 1. The first kappa shape index (κ1) is 11.6. The van der Waals surface area contributed by atoms with Gasteiger partial charge in [-0.15, -0.1) is 5.10 Å². The minimum Gasteiger partial charge on any atom is -0.292 e. The summed E-state index contributed by atoms with van der Waals surface area (Å²) in [5.74, 6) is -0.787. The van der Waals surface area contributed by atoms with Crippen LogP contribution in [0.2, 0.25) is 0 Å². The summed E-state index contributed by atoms with van der Waals surface area (Å²) in [5.41, 5.74) is 0.292. The monoisotopic (exact) mass is 299 g/mol. The molecule has 2 N–H and O–H groups in total. The van der Waals surface area contributed by atoms with Crippen LogP contribution >= 0.6 is 15.9 Å². The van der Waals surface area contributed by atoms with Crippen molar-refractivity contribution in [1.82, 2.24) is 20.6 Å². The Morgan fingerprint density at radius 3 is 3.06 bits per heavy atom. The maximum atomic E-state index is 13.4. The normalized spacial score (nSPS) is 10.2. The molecule has 0 bridgehead atoms. The molecule has 88 valence electrons. The molecule has 17 heavy (non-hydrogen) atoms. The van der Waals surface area contributed by atoms with Gasteiger partial charge in [0.05, 0.1) is 6.42 Å². The van der Waals surface area contributed by atoms with E-state index in [2.05, 4.69) is 41.9 Å². The Labute approximate surface area is 104 Å². The van der Waals surface area contributed by atoms with Gasteiger partial charge < -0.3 is 0 Å². The van der Waals surface area contributed by atoms with Crippen LogP contribution in [0.3, 0.4) is 0 Å². The Balaban J connectivity index is 2.05. The second-order valence-corrected chi connectivity index (χ2v) is 4.11. The Morgan fingerprint density at radius 2 is 2.35 bits per heavy atom. The lowest BCUT2D eigenvalue weighted by Crippen LogP contribution is -2.16. The van der Waals surface area contributed by atoms with Crippen molar-refractivity contribution in [2.24, 2.45) is 0 Å². The van der Waals surface area contributed by atoms with Crippen LogP contribution in [0.15, 0.2) is 22.7 Å². The predicted octanol–water partition coefficient (Wildman–Crippen LogP) is 1.28. The number of nitrogens with one attached hydrogen (secondary N) is 2. The van der Waals surface area contributed by atoms with E-state index in [0.29, 0.717) is 10.0 Å². The summed E-state index contributed by atoms with van der Waals surface area (Å²) in [6, 6.07) is 4.40. The number of rotatable bonds is 3. The smallest absolute Gasteiger partial charge is 0.269 e. The molecule has 0 saturated carbocycles. The highest BCUT2D eigenvalue weighted by Crippen LogP contribution is 2.16. The molecular formula is C9H7BrFN5O. The van der Waals surface area contributed by atoms with Crippen molar-refractivity contribution >= 4 is 27.8 Å². The Morgan fingerprint density at radius 1 is 1.53 bits per heavy atom. The number of H-pyrrole nitrogens is 1. The largest absolute Gasteiger partial charge is 0.292 e. The summed E-state index contributed by atoms with van der Waals surface area (Å²) >= 11 is 3.21. The quantitative estimate of drug-likeness (QED) is 0.894. The molecule has 0 saturated heterocycles. The molecule has 0 atom stereocenters. The van der Waals surface area contributed by atoms with Crippen LogP contribution < -0.4 is 5.32 Å². The number of hydrogen-bond donors (Lipinski definition) is 2. The summed E-state index contributed by atoms with van der Waals surface area (Å²) in [4.78, 5) is 11.5. The molecular weight excluding hydrogens is 293 g/mol. The standard InChI is InChI=1S/C9H7BrFN5O/c10-6-1-2-7(11)5(3-6)4-8(17)12-9-13-15-16-14-9/h1-3H,4H2,(H2,12,13,14,15,16,17). The first-order valence-electron chi connectivity index (χ1n) is 4.62. The average Bonchev–Trinajstić information content (AvgIpc) is 2.76. The van der Waals surface area contributed by atoms with Crippen molar-refractivity contribution in [2.45, 2.75) is 6.42 Å². The minimum absolute atomic E-state index is 0.0606. The van der Waals surface area contributed by atoms with Gasteiger partial charge in [0.15, 0.2) is 0 Å². The van der Waals surface area contributed by atoms with Crippen molar-refractivity contribution in [1.29, 1.82) is 0 Å². The third kappa shape index (κ3) is 3.06. The highest BCUT2D eigenvalue weighted by atomic mass is 79.9. The molecule has 0 aliphatic rings. The molecule has 0 radical (unpaired) electrons. The van der Waals surface area contributed by atoms with Crippen LogP contribution in [0.25, 0.3) is 0 Å². The number of carbonyl (C=O) groups is 1. The SMILES string of the molecule is O=C(Cc1cc(Br)ccc1F)Nc1nn[nH]n1. The van der Waals surface area contributed by atoms with Gasteiger partial charge in [-0.3, -0.25) is 10.1 Å². The molecule has 6 nitrogen and oxygen atoms in total. The van der Waals surface area contributed by atoms with E-state index in [-0.39, 0.29) is 12.4 Å². The zero-order valence-corrected chi connectivity index (χ0v) is 10.0. The van der Waals surface area contributed by atoms with Crippen LogP contribution in [0.1, 0.15) is 5.56 Å². The molecule has 0 fully saturated rings. The van der Waals surface area contributed by atoms with Gasteiger partial charge in [-0.1, -0.05) is 21.0 Å². The van der Waals surface area contributed by atoms with Crippen LogP contribution in [0.4, 0.5) is 10.3 Å². The molecule has 0 spiro atoms. The molecule has 0 unspecified atom stereocenters. The average molecular weight is 300 g/mol. The van der Waals surface area contributed by atoms with E-state index in [4.69, 9.17) is 0 Å². The van der Waals surface area contributed by atoms with E-state index in [1.807, 2.05) is 0 Å².